The van der Waals surface area contributed by atoms with Crippen LogP contribution < -0.4 is 10.5 Å². The van der Waals surface area contributed by atoms with Crippen molar-refractivity contribution in [3.8, 4) is 5.75 Å². The van der Waals surface area contributed by atoms with E-state index in [1.807, 2.05) is 0 Å². The second-order valence-corrected chi connectivity index (χ2v) is 5.90. The van der Waals surface area contributed by atoms with Gasteiger partial charge in [-0.05, 0) is 29.3 Å². The summed E-state index contributed by atoms with van der Waals surface area (Å²) >= 11 is 0. The lowest BCUT2D eigenvalue weighted by molar-refractivity contribution is 0.0457. The first-order valence-corrected chi connectivity index (χ1v) is 6.96. The fourth-order valence-corrected chi connectivity index (χ4v) is 3.56. The largest absolute Gasteiger partial charge is 0.486 e. The van der Waals surface area contributed by atoms with E-state index in [2.05, 4.69) is 24.3 Å². The highest BCUT2D eigenvalue weighted by atomic mass is 19.1. The average molecular weight is 269 g/mol. The highest BCUT2D eigenvalue weighted by Gasteiger charge is 2.44. The molecule has 1 heterocycles. The van der Waals surface area contributed by atoms with Gasteiger partial charge >= 0.3 is 0 Å². The quantitative estimate of drug-likeness (QED) is 0.797. The Hall–Kier alpha value is -1.87. The minimum atomic E-state index is -0.256. The van der Waals surface area contributed by atoms with Gasteiger partial charge in [-0.3, -0.25) is 0 Å². The number of nitrogens with two attached hydrogens (primary N) is 1. The molecule has 0 saturated heterocycles. The van der Waals surface area contributed by atoms with E-state index in [0.29, 0.717) is 0 Å². The molecule has 3 heteroatoms. The lowest BCUT2D eigenvalue weighted by atomic mass is 9.85. The summed E-state index contributed by atoms with van der Waals surface area (Å²) in [6, 6.07) is 12.9. The number of ether oxygens (including phenoxy) is 1. The zero-order valence-corrected chi connectivity index (χ0v) is 11.1. The molecule has 1 aliphatic carbocycles. The highest BCUT2D eigenvalue weighted by Crippen LogP contribution is 2.45. The Morgan fingerprint density at radius 2 is 1.80 bits per heavy atom. The van der Waals surface area contributed by atoms with Crippen LogP contribution in [0.3, 0.4) is 0 Å². The van der Waals surface area contributed by atoms with Gasteiger partial charge in [0.25, 0.3) is 0 Å². The van der Waals surface area contributed by atoms with E-state index < -0.39 is 0 Å². The number of rotatable bonds is 0. The topological polar surface area (TPSA) is 35.2 Å². The number of hydrogen-bond donors (Lipinski definition) is 1. The van der Waals surface area contributed by atoms with Gasteiger partial charge in [-0.25, -0.2) is 4.39 Å². The summed E-state index contributed by atoms with van der Waals surface area (Å²) < 4.78 is 19.6. The second kappa shape index (κ2) is 4.06. The molecule has 2 nitrogen and oxygen atoms in total. The van der Waals surface area contributed by atoms with Crippen LogP contribution in [0.1, 0.15) is 29.2 Å². The molecule has 4 rings (SSSR count). The van der Waals surface area contributed by atoms with Gasteiger partial charge in [0, 0.05) is 30.9 Å². The molecular formula is C17H16FNO. The first-order valence-electron chi connectivity index (χ1n) is 6.96. The lowest BCUT2D eigenvalue weighted by Gasteiger charge is -2.38. The maximum atomic E-state index is 13.3. The van der Waals surface area contributed by atoms with Crippen molar-refractivity contribution in [1.82, 2.24) is 0 Å². The number of hydrogen-bond acceptors (Lipinski definition) is 2. The van der Waals surface area contributed by atoms with E-state index in [1.54, 1.807) is 6.07 Å². The van der Waals surface area contributed by atoms with E-state index in [4.69, 9.17) is 10.5 Å². The molecule has 1 spiro atoms. The summed E-state index contributed by atoms with van der Waals surface area (Å²) in [5.41, 5.74) is 9.46. The molecule has 0 bridgehead atoms. The van der Waals surface area contributed by atoms with Crippen LogP contribution in [-0.2, 0) is 12.8 Å². The Bertz CT molecular complexity index is 657. The minimum Gasteiger partial charge on any atom is -0.486 e. The van der Waals surface area contributed by atoms with Gasteiger partial charge in [-0.1, -0.05) is 24.3 Å². The molecule has 2 aromatic carbocycles. The lowest BCUT2D eigenvalue weighted by Crippen LogP contribution is -2.43. The maximum absolute atomic E-state index is 13.3. The Kier molecular flexibility index (Phi) is 2.42. The number of benzene rings is 2. The molecule has 0 unspecified atom stereocenters. The van der Waals surface area contributed by atoms with Crippen molar-refractivity contribution >= 4 is 0 Å². The molecule has 2 aromatic rings. The average Bonchev–Trinajstić information content (AvgIpc) is 2.77. The molecule has 0 amide bonds. The first kappa shape index (κ1) is 11.9. The highest BCUT2D eigenvalue weighted by molar-refractivity contribution is 5.43. The van der Waals surface area contributed by atoms with Crippen molar-refractivity contribution in [1.29, 1.82) is 0 Å². The van der Waals surface area contributed by atoms with E-state index in [1.165, 1.54) is 23.3 Å². The Balaban J connectivity index is 1.73. The van der Waals surface area contributed by atoms with Crippen molar-refractivity contribution in [2.75, 3.05) is 0 Å². The summed E-state index contributed by atoms with van der Waals surface area (Å²) in [5.74, 6) is 0.478. The fourth-order valence-electron chi connectivity index (χ4n) is 3.56. The maximum Gasteiger partial charge on any atom is 0.125 e. The van der Waals surface area contributed by atoms with Crippen LogP contribution in [0.15, 0.2) is 42.5 Å². The normalized spacial score (nSPS) is 22.2. The van der Waals surface area contributed by atoms with E-state index in [-0.39, 0.29) is 17.5 Å². The third kappa shape index (κ3) is 1.74. The van der Waals surface area contributed by atoms with Crippen LogP contribution in [0.2, 0.25) is 0 Å². The summed E-state index contributed by atoms with van der Waals surface area (Å²) in [5, 5.41) is 0. The van der Waals surface area contributed by atoms with E-state index in [9.17, 15) is 4.39 Å². The van der Waals surface area contributed by atoms with Crippen molar-refractivity contribution in [2.45, 2.75) is 30.9 Å². The van der Waals surface area contributed by atoms with Gasteiger partial charge in [0.2, 0.25) is 0 Å². The third-order valence-corrected chi connectivity index (χ3v) is 4.43. The standard InChI is InChI=1S/C17H16FNO/c18-13-5-6-16-14(7-13)15(19)10-17(20-16)8-11-3-1-2-4-12(11)9-17/h1-7,15H,8-10,19H2/t15-/m1/s1. The van der Waals surface area contributed by atoms with Crippen LogP contribution in [0.25, 0.3) is 0 Å². The minimum absolute atomic E-state index is 0.163. The molecular weight excluding hydrogens is 253 g/mol. The zero-order valence-electron chi connectivity index (χ0n) is 11.1. The summed E-state index contributed by atoms with van der Waals surface area (Å²) in [6.45, 7) is 0. The second-order valence-electron chi connectivity index (χ2n) is 5.90. The molecule has 2 aliphatic rings. The third-order valence-electron chi connectivity index (χ3n) is 4.43. The molecule has 20 heavy (non-hydrogen) atoms. The van der Waals surface area contributed by atoms with Gasteiger partial charge in [-0.15, -0.1) is 0 Å². The molecule has 0 saturated carbocycles. The Morgan fingerprint density at radius 3 is 2.50 bits per heavy atom. The van der Waals surface area contributed by atoms with Crippen molar-refractivity contribution in [2.24, 2.45) is 5.73 Å². The van der Waals surface area contributed by atoms with Crippen molar-refractivity contribution in [3.05, 3.63) is 65.0 Å². The summed E-state index contributed by atoms with van der Waals surface area (Å²) in [4.78, 5) is 0. The first-order chi connectivity index (χ1) is 9.65. The predicted octanol–water partition coefficient (Wildman–Crippen LogP) is 3.15. The van der Waals surface area contributed by atoms with Crippen molar-refractivity contribution < 1.29 is 9.13 Å². The smallest absolute Gasteiger partial charge is 0.125 e. The SMILES string of the molecule is N[C@@H]1CC2(Cc3ccccc3C2)Oc2ccc(F)cc21. The predicted molar refractivity (Wildman–Crippen MR) is 75.2 cm³/mol. The van der Waals surface area contributed by atoms with Crippen LogP contribution >= 0.6 is 0 Å². The van der Waals surface area contributed by atoms with Gasteiger partial charge in [-0.2, -0.15) is 0 Å². The molecule has 1 aliphatic heterocycles. The monoisotopic (exact) mass is 269 g/mol. The molecule has 2 N–H and O–H groups in total. The zero-order chi connectivity index (χ0) is 13.7. The molecule has 102 valence electrons. The molecule has 0 aromatic heterocycles. The van der Waals surface area contributed by atoms with Gasteiger partial charge in [0.15, 0.2) is 0 Å². The number of fused-ring (bicyclic) bond motifs is 2. The van der Waals surface area contributed by atoms with Crippen LogP contribution in [0.5, 0.6) is 5.75 Å². The molecule has 1 atom stereocenters. The van der Waals surface area contributed by atoms with Gasteiger partial charge in [0.05, 0.1) is 0 Å². The Morgan fingerprint density at radius 1 is 1.10 bits per heavy atom. The summed E-state index contributed by atoms with van der Waals surface area (Å²) in [6.07, 6.45) is 2.50. The summed E-state index contributed by atoms with van der Waals surface area (Å²) in [7, 11) is 0. The van der Waals surface area contributed by atoms with E-state index in [0.717, 1.165) is 30.6 Å². The van der Waals surface area contributed by atoms with Gasteiger partial charge in [0.1, 0.15) is 17.2 Å². The van der Waals surface area contributed by atoms with Gasteiger partial charge < -0.3 is 10.5 Å². The number of halogens is 1. The Labute approximate surface area is 117 Å². The van der Waals surface area contributed by atoms with Crippen molar-refractivity contribution in [3.63, 3.8) is 0 Å². The fraction of sp³-hybridized carbons (Fsp3) is 0.294. The molecule has 0 radical (unpaired) electrons. The van der Waals surface area contributed by atoms with Crippen LogP contribution in [0.4, 0.5) is 4.39 Å². The molecule has 0 fully saturated rings. The van der Waals surface area contributed by atoms with Crippen LogP contribution in [0, 0.1) is 5.82 Å². The van der Waals surface area contributed by atoms with E-state index >= 15 is 0 Å². The van der Waals surface area contributed by atoms with Crippen LogP contribution in [-0.4, -0.2) is 5.60 Å².